The molecule has 2 aliphatic rings. The number of hydrogen-bond donors (Lipinski definition) is 0. The number of hydrogen-bond acceptors (Lipinski definition) is 1. The quantitative estimate of drug-likeness (QED) is 0.512. The third-order valence-corrected chi connectivity index (χ3v) is 1.74. The van der Waals surface area contributed by atoms with E-state index in [9.17, 15) is 4.79 Å². The number of carbonyl (C=O) groups is 1. The van der Waals surface area contributed by atoms with Crippen LogP contribution in [0.15, 0.2) is 18.2 Å². The van der Waals surface area contributed by atoms with Crippen LogP contribution in [0.1, 0.15) is 21.5 Å². The zero-order valence-electron chi connectivity index (χ0n) is 5.14. The summed E-state index contributed by atoms with van der Waals surface area (Å²) < 4.78 is 0. The van der Waals surface area contributed by atoms with Crippen LogP contribution in [0.5, 0.6) is 0 Å². The van der Waals surface area contributed by atoms with Gasteiger partial charge in [0.25, 0.3) is 0 Å². The monoisotopic (exact) mass is 118 g/mol. The van der Waals surface area contributed by atoms with Crippen molar-refractivity contribution in [1.29, 1.82) is 0 Å². The molecule has 0 saturated carbocycles. The first kappa shape index (κ1) is 4.74. The highest BCUT2D eigenvalue weighted by Gasteiger charge is 2.21. The highest BCUT2D eigenvalue weighted by Crippen LogP contribution is 2.23. The minimum absolute atomic E-state index is 0.218. The maximum Gasteiger partial charge on any atom is 0.193 e. The zero-order valence-corrected chi connectivity index (χ0v) is 5.14. The Balaban J connectivity index is 2.78. The van der Waals surface area contributed by atoms with Gasteiger partial charge in [0.05, 0.1) is 0 Å². The van der Waals surface area contributed by atoms with E-state index in [2.05, 4.69) is 0 Å². The Labute approximate surface area is 53.3 Å². The van der Waals surface area contributed by atoms with Crippen molar-refractivity contribution in [2.24, 2.45) is 0 Å². The zero-order chi connectivity index (χ0) is 6.43. The van der Waals surface area contributed by atoms with Gasteiger partial charge in [0.2, 0.25) is 0 Å². The molecule has 1 nitrogen and oxygen atoms in total. The largest absolute Gasteiger partial charge is 0.289 e. The number of aryl methyl sites for hydroxylation is 1. The number of rotatable bonds is 0. The molecule has 2 aliphatic carbocycles. The SMILES string of the molecule is Cc1ccc2cc1C2=O. The lowest BCUT2D eigenvalue weighted by Crippen LogP contribution is -2.13. The number of fused-ring (bicyclic) bond motifs is 2. The molecule has 0 N–H and O–H groups in total. The molecular weight excluding hydrogens is 112 g/mol. The molecular formula is C8H6O. The van der Waals surface area contributed by atoms with Crippen molar-refractivity contribution < 1.29 is 4.79 Å². The molecule has 1 aromatic carbocycles. The van der Waals surface area contributed by atoms with Crippen LogP contribution in [-0.4, -0.2) is 5.78 Å². The summed E-state index contributed by atoms with van der Waals surface area (Å²) in [7, 11) is 0. The van der Waals surface area contributed by atoms with Crippen molar-refractivity contribution in [2.75, 3.05) is 0 Å². The molecule has 1 heteroatoms. The van der Waals surface area contributed by atoms with Crippen LogP contribution in [0.3, 0.4) is 0 Å². The van der Waals surface area contributed by atoms with Gasteiger partial charge < -0.3 is 0 Å². The van der Waals surface area contributed by atoms with Crippen molar-refractivity contribution in [3.8, 4) is 0 Å². The highest BCUT2D eigenvalue weighted by atomic mass is 16.1. The topological polar surface area (TPSA) is 17.1 Å². The summed E-state index contributed by atoms with van der Waals surface area (Å²) in [4.78, 5) is 10.9. The van der Waals surface area contributed by atoms with Crippen LogP contribution in [0.4, 0.5) is 0 Å². The Bertz CT molecular complexity index is 283. The maximum absolute atomic E-state index is 10.9. The van der Waals surface area contributed by atoms with Gasteiger partial charge in [0.1, 0.15) is 0 Å². The fourth-order valence-electron chi connectivity index (χ4n) is 1.09. The van der Waals surface area contributed by atoms with E-state index >= 15 is 0 Å². The fraction of sp³-hybridized carbons (Fsp3) is 0.125. The van der Waals surface area contributed by atoms with Crippen LogP contribution >= 0.6 is 0 Å². The van der Waals surface area contributed by atoms with E-state index in [4.69, 9.17) is 0 Å². The normalized spacial score (nSPS) is 13.2. The molecule has 44 valence electrons. The van der Waals surface area contributed by atoms with E-state index in [1.807, 2.05) is 25.1 Å². The van der Waals surface area contributed by atoms with Gasteiger partial charge in [-0.05, 0) is 18.6 Å². The number of ketones is 1. The minimum atomic E-state index is 0.218. The summed E-state index contributed by atoms with van der Waals surface area (Å²) in [6.45, 7) is 1.95. The van der Waals surface area contributed by atoms with E-state index in [0.717, 1.165) is 16.7 Å². The molecule has 1 aromatic rings. The lowest BCUT2D eigenvalue weighted by molar-refractivity contribution is 0.102. The van der Waals surface area contributed by atoms with Crippen molar-refractivity contribution in [3.05, 3.63) is 34.9 Å². The predicted molar refractivity (Wildman–Crippen MR) is 34.6 cm³/mol. The van der Waals surface area contributed by atoms with E-state index in [-0.39, 0.29) is 5.78 Å². The van der Waals surface area contributed by atoms with Gasteiger partial charge in [0.15, 0.2) is 5.78 Å². The third kappa shape index (κ3) is 0.416. The van der Waals surface area contributed by atoms with Gasteiger partial charge in [-0.15, -0.1) is 0 Å². The Morgan fingerprint density at radius 3 is 2.44 bits per heavy atom. The Kier molecular flexibility index (Phi) is 0.652. The van der Waals surface area contributed by atoms with Gasteiger partial charge >= 0.3 is 0 Å². The van der Waals surface area contributed by atoms with Gasteiger partial charge in [-0.2, -0.15) is 0 Å². The first-order valence-electron chi connectivity index (χ1n) is 2.94. The number of carbonyl (C=O) groups excluding carboxylic acids is 1. The van der Waals surface area contributed by atoms with E-state index in [1.165, 1.54) is 0 Å². The average Bonchev–Trinajstić information content (AvgIpc) is 1.86. The molecule has 0 aliphatic heterocycles. The molecule has 0 atom stereocenters. The Morgan fingerprint density at radius 2 is 2.11 bits per heavy atom. The second-order valence-corrected chi connectivity index (χ2v) is 2.36. The molecule has 0 spiro atoms. The summed E-state index contributed by atoms with van der Waals surface area (Å²) in [6, 6.07) is 5.77. The summed E-state index contributed by atoms with van der Waals surface area (Å²) in [5, 5.41) is 0. The molecule has 0 fully saturated rings. The van der Waals surface area contributed by atoms with Gasteiger partial charge in [-0.1, -0.05) is 12.1 Å². The molecule has 0 aromatic heterocycles. The maximum atomic E-state index is 10.9. The molecule has 0 radical (unpaired) electrons. The molecule has 3 rings (SSSR count). The molecule has 9 heavy (non-hydrogen) atoms. The standard InChI is InChI=1S/C8H6O/c1-5-2-3-6-4-7(5)8(6)9/h2-4H,1H3. The van der Waals surface area contributed by atoms with E-state index in [0.29, 0.717) is 0 Å². The van der Waals surface area contributed by atoms with Crippen LogP contribution in [-0.2, 0) is 0 Å². The summed E-state index contributed by atoms with van der Waals surface area (Å²) in [5.74, 6) is 0.218. The van der Waals surface area contributed by atoms with E-state index < -0.39 is 0 Å². The molecule has 0 amide bonds. The van der Waals surface area contributed by atoms with E-state index in [1.54, 1.807) is 0 Å². The summed E-state index contributed by atoms with van der Waals surface area (Å²) >= 11 is 0. The van der Waals surface area contributed by atoms with Gasteiger partial charge in [0, 0.05) is 11.1 Å². The minimum Gasteiger partial charge on any atom is -0.289 e. The Hall–Kier alpha value is -1.11. The average molecular weight is 118 g/mol. The lowest BCUT2D eigenvalue weighted by Gasteiger charge is -2.14. The molecule has 0 saturated heterocycles. The van der Waals surface area contributed by atoms with Crippen LogP contribution < -0.4 is 0 Å². The van der Waals surface area contributed by atoms with Gasteiger partial charge in [-0.3, -0.25) is 4.79 Å². The van der Waals surface area contributed by atoms with Crippen molar-refractivity contribution in [2.45, 2.75) is 6.92 Å². The smallest absolute Gasteiger partial charge is 0.193 e. The highest BCUT2D eigenvalue weighted by molar-refractivity contribution is 6.17. The van der Waals surface area contributed by atoms with Crippen molar-refractivity contribution in [3.63, 3.8) is 0 Å². The second kappa shape index (κ2) is 1.24. The Morgan fingerprint density at radius 1 is 1.33 bits per heavy atom. The summed E-state index contributed by atoms with van der Waals surface area (Å²) in [6.07, 6.45) is 0. The molecule has 2 bridgehead atoms. The predicted octanol–water partition coefficient (Wildman–Crippen LogP) is 1.54. The van der Waals surface area contributed by atoms with Gasteiger partial charge in [-0.25, -0.2) is 0 Å². The summed E-state index contributed by atoms with van der Waals surface area (Å²) in [5.41, 5.74) is 2.85. The first-order chi connectivity index (χ1) is 4.29. The second-order valence-electron chi connectivity index (χ2n) is 2.36. The molecule has 0 unspecified atom stereocenters. The van der Waals surface area contributed by atoms with Crippen LogP contribution in [0, 0.1) is 6.92 Å². The van der Waals surface area contributed by atoms with Crippen molar-refractivity contribution in [1.82, 2.24) is 0 Å². The molecule has 0 heterocycles. The van der Waals surface area contributed by atoms with Crippen LogP contribution in [0.25, 0.3) is 0 Å². The third-order valence-electron chi connectivity index (χ3n) is 1.74. The first-order valence-corrected chi connectivity index (χ1v) is 2.94. The fourth-order valence-corrected chi connectivity index (χ4v) is 1.09. The van der Waals surface area contributed by atoms with Crippen LogP contribution in [0.2, 0.25) is 0 Å². The number of benzene rings is 1. The lowest BCUT2D eigenvalue weighted by atomic mass is 9.88. The van der Waals surface area contributed by atoms with Crippen molar-refractivity contribution >= 4 is 5.78 Å².